The van der Waals surface area contributed by atoms with Crippen LogP contribution in [0.5, 0.6) is 0 Å². The number of thiophene rings is 1. The van der Waals surface area contributed by atoms with E-state index in [1.807, 2.05) is 25.1 Å². The van der Waals surface area contributed by atoms with Crippen LogP contribution < -0.4 is 5.32 Å². The number of nitrogens with one attached hydrogen (secondary N) is 1. The lowest BCUT2D eigenvalue weighted by molar-refractivity contribution is -0.144. The number of hydrogen-bond donors (Lipinski definition) is 1. The van der Waals surface area contributed by atoms with Gasteiger partial charge in [-0.05, 0) is 68.4 Å². The van der Waals surface area contributed by atoms with Gasteiger partial charge in [0, 0.05) is 27.6 Å². The Morgan fingerprint density at radius 2 is 1.89 bits per heavy atom. The van der Waals surface area contributed by atoms with Gasteiger partial charge in [0.1, 0.15) is 5.82 Å². The predicted octanol–water partition coefficient (Wildman–Crippen LogP) is 6.19. The lowest BCUT2D eigenvalue weighted by Gasteiger charge is -2.28. The third-order valence-electron chi connectivity index (χ3n) is 6.91. The first-order valence-corrected chi connectivity index (χ1v) is 13.6. The molecule has 4 aromatic rings. The van der Waals surface area contributed by atoms with Gasteiger partial charge in [-0.25, -0.2) is 4.39 Å². The van der Waals surface area contributed by atoms with Crippen molar-refractivity contribution in [1.82, 2.24) is 15.1 Å². The molecule has 2 heterocycles. The first-order chi connectivity index (χ1) is 18.0. The van der Waals surface area contributed by atoms with Crippen molar-refractivity contribution in [3.8, 4) is 10.4 Å². The van der Waals surface area contributed by atoms with Gasteiger partial charge in [-0.3, -0.25) is 14.3 Å². The molecule has 1 fully saturated rings. The molecule has 1 aliphatic carbocycles. The largest absolute Gasteiger partial charge is 0.466 e. The predicted molar refractivity (Wildman–Crippen MR) is 143 cm³/mol. The average molecular weight is 520 g/mol. The second-order valence-electron chi connectivity index (χ2n) is 9.53. The van der Waals surface area contributed by atoms with Crippen molar-refractivity contribution in [3.63, 3.8) is 0 Å². The molecule has 0 bridgehead atoms. The Balaban J connectivity index is 1.30. The SMILES string of the molecule is CCOC(=O)CC1CCC(NC(=O)c2cc(F)cc3cnn(Cc4ccc(-c5ccccc5)s4)c23)CC1. The fraction of sp³-hybridized carbons (Fsp3) is 0.345. The third kappa shape index (κ3) is 5.91. The van der Waals surface area contributed by atoms with Crippen molar-refractivity contribution >= 4 is 34.1 Å². The molecule has 0 saturated heterocycles. The van der Waals surface area contributed by atoms with Crippen molar-refractivity contribution in [2.45, 2.75) is 51.6 Å². The minimum absolute atomic E-state index is 0.00800. The summed E-state index contributed by atoms with van der Waals surface area (Å²) < 4.78 is 21.3. The third-order valence-corrected chi connectivity index (χ3v) is 8.03. The van der Waals surface area contributed by atoms with Crippen LogP contribution in [0.2, 0.25) is 0 Å². The molecule has 37 heavy (non-hydrogen) atoms. The number of halogens is 1. The quantitative estimate of drug-likeness (QED) is 0.282. The number of carbonyl (C=O) groups excluding carboxylic acids is 2. The number of hydrogen-bond acceptors (Lipinski definition) is 5. The summed E-state index contributed by atoms with van der Waals surface area (Å²) in [5.41, 5.74) is 2.08. The maximum atomic E-state index is 14.4. The van der Waals surface area contributed by atoms with E-state index in [0.717, 1.165) is 41.0 Å². The molecule has 192 valence electrons. The molecule has 1 N–H and O–H groups in total. The summed E-state index contributed by atoms with van der Waals surface area (Å²) in [4.78, 5) is 27.4. The fourth-order valence-electron chi connectivity index (χ4n) is 5.09. The molecule has 6 nitrogen and oxygen atoms in total. The zero-order valence-electron chi connectivity index (χ0n) is 20.8. The molecule has 0 aliphatic heterocycles. The number of carbonyl (C=O) groups is 2. The minimum Gasteiger partial charge on any atom is -0.466 e. The van der Waals surface area contributed by atoms with Gasteiger partial charge in [-0.2, -0.15) is 5.10 Å². The molecule has 1 aliphatic rings. The molecule has 0 radical (unpaired) electrons. The van der Waals surface area contributed by atoms with Crippen molar-refractivity contribution in [2.24, 2.45) is 5.92 Å². The molecule has 2 aromatic carbocycles. The first-order valence-electron chi connectivity index (χ1n) is 12.8. The van der Waals surface area contributed by atoms with E-state index in [-0.39, 0.29) is 23.8 Å². The minimum atomic E-state index is -0.460. The van der Waals surface area contributed by atoms with Crippen molar-refractivity contribution in [3.05, 3.63) is 77.1 Å². The van der Waals surface area contributed by atoms with Crippen LogP contribution in [0.1, 0.15) is 54.3 Å². The van der Waals surface area contributed by atoms with Crippen LogP contribution in [-0.2, 0) is 16.1 Å². The molecule has 1 saturated carbocycles. The Kier molecular flexibility index (Phi) is 7.65. The molecule has 0 unspecified atom stereocenters. The highest BCUT2D eigenvalue weighted by molar-refractivity contribution is 7.15. The number of esters is 1. The zero-order chi connectivity index (χ0) is 25.8. The van der Waals surface area contributed by atoms with E-state index in [1.54, 1.807) is 22.2 Å². The summed E-state index contributed by atoms with van der Waals surface area (Å²) in [5, 5.41) is 8.19. The molecule has 1 amide bonds. The van der Waals surface area contributed by atoms with Gasteiger partial charge in [-0.15, -0.1) is 11.3 Å². The molecule has 0 atom stereocenters. The van der Waals surface area contributed by atoms with Crippen molar-refractivity contribution < 1.29 is 18.7 Å². The molecular weight excluding hydrogens is 489 g/mol. The zero-order valence-corrected chi connectivity index (χ0v) is 21.6. The van der Waals surface area contributed by atoms with E-state index >= 15 is 0 Å². The van der Waals surface area contributed by atoms with Crippen LogP contribution in [-0.4, -0.2) is 34.3 Å². The summed E-state index contributed by atoms with van der Waals surface area (Å²) in [6.45, 7) is 2.69. The van der Waals surface area contributed by atoms with Gasteiger partial charge in [0.05, 0.1) is 30.4 Å². The average Bonchev–Trinajstić information content (AvgIpc) is 3.53. The Morgan fingerprint density at radius 3 is 2.65 bits per heavy atom. The van der Waals surface area contributed by atoms with E-state index in [1.165, 1.54) is 12.1 Å². The van der Waals surface area contributed by atoms with Crippen LogP contribution in [0.4, 0.5) is 4.39 Å². The second-order valence-corrected chi connectivity index (χ2v) is 10.7. The van der Waals surface area contributed by atoms with Gasteiger partial charge in [0.2, 0.25) is 0 Å². The Morgan fingerprint density at radius 1 is 1.11 bits per heavy atom. The van der Waals surface area contributed by atoms with Crippen LogP contribution >= 0.6 is 11.3 Å². The number of ether oxygens (including phenoxy) is 1. The van der Waals surface area contributed by atoms with E-state index in [9.17, 15) is 14.0 Å². The van der Waals surface area contributed by atoms with E-state index < -0.39 is 5.82 Å². The maximum absolute atomic E-state index is 14.4. The number of benzene rings is 2. The van der Waals surface area contributed by atoms with Gasteiger partial charge in [0.15, 0.2) is 0 Å². The molecule has 8 heteroatoms. The topological polar surface area (TPSA) is 73.2 Å². The summed E-state index contributed by atoms with van der Waals surface area (Å²) in [7, 11) is 0. The smallest absolute Gasteiger partial charge is 0.306 e. The highest BCUT2D eigenvalue weighted by atomic mass is 32.1. The van der Waals surface area contributed by atoms with Crippen LogP contribution in [0.3, 0.4) is 0 Å². The normalized spacial score (nSPS) is 17.6. The standard InChI is InChI=1S/C29H30FN3O3S/c1-2-36-27(34)14-19-8-10-23(11-9-19)32-29(35)25-16-22(30)15-21-17-31-33(28(21)25)18-24-12-13-26(37-24)20-6-4-3-5-7-20/h3-7,12-13,15-17,19,23H,2,8-11,14,18H2,1H3,(H,32,35). The first kappa shape index (κ1) is 25.1. The van der Waals surface area contributed by atoms with E-state index in [4.69, 9.17) is 4.74 Å². The lowest BCUT2D eigenvalue weighted by atomic mass is 9.84. The molecule has 5 rings (SSSR count). The highest BCUT2D eigenvalue weighted by Crippen LogP contribution is 2.31. The Labute approximate surface area is 219 Å². The molecular formula is C29H30FN3O3S. The number of amides is 1. The maximum Gasteiger partial charge on any atom is 0.306 e. The molecule has 0 spiro atoms. The van der Waals surface area contributed by atoms with Crippen molar-refractivity contribution in [1.29, 1.82) is 0 Å². The Bertz CT molecular complexity index is 1390. The van der Waals surface area contributed by atoms with Crippen LogP contribution in [0.15, 0.2) is 60.8 Å². The number of nitrogens with zero attached hydrogens (tertiary/aromatic N) is 2. The van der Waals surface area contributed by atoms with Gasteiger partial charge in [-0.1, -0.05) is 30.3 Å². The second kappa shape index (κ2) is 11.3. The summed E-state index contributed by atoms with van der Waals surface area (Å²) in [6.07, 6.45) is 5.30. The highest BCUT2D eigenvalue weighted by Gasteiger charge is 2.26. The van der Waals surface area contributed by atoms with Gasteiger partial charge >= 0.3 is 5.97 Å². The summed E-state index contributed by atoms with van der Waals surface area (Å²) >= 11 is 1.68. The molecule has 2 aromatic heterocycles. The number of aromatic nitrogens is 2. The van der Waals surface area contributed by atoms with E-state index in [2.05, 4.69) is 34.7 Å². The van der Waals surface area contributed by atoms with Crippen LogP contribution in [0, 0.1) is 11.7 Å². The van der Waals surface area contributed by atoms with Gasteiger partial charge in [0.25, 0.3) is 5.91 Å². The lowest BCUT2D eigenvalue weighted by Crippen LogP contribution is -2.38. The summed E-state index contributed by atoms with van der Waals surface area (Å²) in [6, 6.07) is 17.0. The van der Waals surface area contributed by atoms with E-state index in [0.29, 0.717) is 36.0 Å². The fourth-order valence-corrected chi connectivity index (χ4v) is 6.08. The van der Waals surface area contributed by atoms with Crippen LogP contribution in [0.25, 0.3) is 21.3 Å². The Hall–Kier alpha value is -3.52. The number of fused-ring (bicyclic) bond motifs is 1. The summed E-state index contributed by atoms with van der Waals surface area (Å²) in [5.74, 6) is -0.637. The number of rotatable bonds is 8. The van der Waals surface area contributed by atoms with Gasteiger partial charge < -0.3 is 10.1 Å². The monoisotopic (exact) mass is 519 g/mol. The van der Waals surface area contributed by atoms with Crippen molar-refractivity contribution in [2.75, 3.05) is 6.61 Å².